The third-order valence-electron chi connectivity index (χ3n) is 1.90. The van der Waals surface area contributed by atoms with Gasteiger partial charge in [-0.05, 0) is 23.8 Å². The molecular weight excluding hydrogens is 264 g/mol. The van der Waals surface area contributed by atoms with Crippen LogP contribution in [-0.4, -0.2) is 17.9 Å². The zero-order chi connectivity index (χ0) is 10.8. The number of ether oxygens (including phenoxy) is 2. The van der Waals surface area contributed by atoms with E-state index in [-0.39, 0.29) is 6.79 Å². The van der Waals surface area contributed by atoms with Gasteiger partial charge in [-0.1, -0.05) is 15.9 Å². The van der Waals surface area contributed by atoms with Gasteiger partial charge in [0.15, 0.2) is 11.5 Å². The molecule has 0 spiro atoms. The quantitative estimate of drug-likeness (QED) is 0.838. The fourth-order valence-electron chi connectivity index (χ4n) is 1.22. The van der Waals surface area contributed by atoms with Gasteiger partial charge in [-0.25, -0.2) is 4.79 Å². The van der Waals surface area contributed by atoms with Gasteiger partial charge in [0.25, 0.3) is 0 Å². The summed E-state index contributed by atoms with van der Waals surface area (Å²) in [5, 5.41) is 8.50. The van der Waals surface area contributed by atoms with E-state index >= 15 is 0 Å². The summed E-state index contributed by atoms with van der Waals surface area (Å²) in [6.07, 6.45) is 2.57. The SMILES string of the molecule is O=C(O)C=Cc1cc2c(cc1Br)OCO2. The zero-order valence-corrected chi connectivity index (χ0v) is 9.15. The van der Waals surface area contributed by atoms with Gasteiger partial charge in [0, 0.05) is 10.5 Å². The first kappa shape index (κ1) is 10.0. The van der Waals surface area contributed by atoms with E-state index in [2.05, 4.69) is 15.9 Å². The molecule has 1 heterocycles. The van der Waals surface area contributed by atoms with E-state index in [9.17, 15) is 4.79 Å². The van der Waals surface area contributed by atoms with Crippen LogP contribution in [0.5, 0.6) is 11.5 Å². The predicted octanol–water partition coefficient (Wildman–Crippen LogP) is 2.28. The molecule has 2 rings (SSSR count). The van der Waals surface area contributed by atoms with Gasteiger partial charge >= 0.3 is 5.97 Å². The zero-order valence-electron chi connectivity index (χ0n) is 7.57. The number of carboxylic acid groups (broad SMARTS) is 1. The van der Waals surface area contributed by atoms with Crippen LogP contribution in [0.15, 0.2) is 22.7 Å². The normalized spacial score (nSPS) is 13.4. The maximum absolute atomic E-state index is 10.4. The first-order valence-corrected chi connectivity index (χ1v) is 4.96. The van der Waals surface area contributed by atoms with Crippen molar-refractivity contribution in [3.63, 3.8) is 0 Å². The Balaban J connectivity index is 2.36. The molecule has 0 fully saturated rings. The number of carbonyl (C=O) groups is 1. The second-order valence-corrected chi connectivity index (χ2v) is 3.75. The Morgan fingerprint density at radius 2 is 2.07 bits per heavy atom. The molecule has 0 saturated carbocycles. The Morgan fingerprint density at radius 1 is 1.40 bits per heavy atom. The average molecular weight is 271 g/mol. The molecule has 0 bridgehead atoms. The van der Waals surface area contributed by atoms with E-state index in [1.54, 1.807) is 12.1 Å². The van der Waals surface area contributed by atoms with Crippen LogP contribution in [0.2, 0.25) is 0 Å². The third kappa shape index (κ3) is 2.12. The van der Waals surface area contributed by atoms with Gasteiger partial charge in [-0.2, -0.15) is 0 Å². The van der Waals surface area contributed by atoms with Gasteiger partial charge in [0.05, 0.1) is 0 Å². The van der Waals surface area contributed by atoms with Crippen LogP contribution in [0, 0.1) is 0 Å². The smallest absolute Gasteiger partial charge is 0.328 e. The number of hydrogen-bond donors (Lipinski definition) is 1. The maximum atomic E-state index is 10.4. The number of benzene rings is 1. The summed E-state index contributed by atoms with van der Waals surface area (Å²) >= 11 is 3.32. The van der Waals surface area contributed by atoms with Crippen molar-refractivity contribution in [2.45, 2.75) is 0 Å². The van der Waals surface area contributed by atoms with E-state index < -0.39 is 5.97 Å². The number of halogens is 1. The van der Waals surface area contributed by atoms with Gasteiger partial charge in [0.2, 0.25) is 6.79 Å². The number of rotatable bonds is 2. The molecular formula is C10H7BrO4. The Bertz CT molecular complexity index is 439. The van der Waals surface area contributed by atoms with Gasteiger partial charge in [0.1, 0.15) is 0 Å². The van der Waals surface area contributed by atoms with E-state index in [1.165, 1.54) is 6.08 Å². The molecule has 0 atom stereocenters. The number of aliphatic carboxylic acids is 1. The highest BCUT2D eigenvalue weighted by Crippen LogP contribution is 2.37. The third-order valence-corrected chi connectivity index (χ3v) is 2.58. The lowest BCUT2D eigenvalue weighted by atomic mass is 10.2. The van der Waals surface area contributed by atoms with E-state index in [1.807, 2.05) is 0 Å². The minimum atomic E-state index is -0.987. The average Bonchev–Trinajstić information content (AvgIpc) is 2.60. The Kier molecular flexibility index (Phi) is 2.64. The highest BCUT2D eigenvalue weighted by atomic mass is 79.9. The van der Waals surface area contributed by atoms with Crippen LogP contribution in [-0.2, 0) is 4.79 Å². The topological polar surface area (TPSA) is 55.8 Å². The molecule has 1 aliphatic rings. The molecule has 0 radical (unpaired) electrons. The second-order valence-electron chi connectivity index (χ2n) is 2.90. The molecule has 15 heavy (non-hydrogen) atoms. The van der Waals surface area contributed by atoms with Crippen molar-refractivity contribution >= 4 is 28.0 Å². The molecule has 1 aliphatic heterocycles. The summed E-state index contributed by atoms with van der Waals surface area (Å²) in [4.78, 5) is 10.4. The van der Waals surface area contributed by atoms with Crippen LogP contribution >= 0.6 is 15.9 Å². The lowest BCUT2D eigenvalue weighted by Gasteiger charge is -2.01. The van der Waals surface area contributed by atoms with Crippen LogP contribution in [0.3, 0.4) is 0 Å². The van der Waals surface area contributed by atoms with Crippen LogP contribution in [0.25, 0.3) is 6.08 Å². The Hall–Kier alpha value is -1.49. The number of carboxylic acids is 1. The minimum Gasteiger partial charge on any atom is -0.478 e. The molecule has 0 aliphatic carbocycles. The number of hydrogen-bond acceptors (Lipinski definition) is 3. The highest BCUT2D eigenvalue weighted by Gasteiger charge is 2.15. The summed E-state index contributed by atoms with van der Waals surface area (Å²) < 4.78 is 11.1. The maximum Gasteiger partial charge on any atom is 0.328 e. The minimum absolute atomic E-state index is 0.202. The molecule has 0 aromatic heterocycles. The van der Waals surface area contributed by atoms with E-state index in [0.717, 1.165) is 16.1 Å². The molecule has 0 unspecified atom stereocenters. The molecule has 5 heteroatoms. The predicted molar refractivity (Wildman–Crippen MR) is 56.9 cm³/mol. The Labute approximate surface area is 94.2 Å². The Morgan fingerprint density at radius 3 is 2.73 bits per heavy atom. The fourth-order valence-corrected chi connectivity index (χ4v) is 1.68. The molecule has 0 amide bonds. The van der Waals surface area contributed by atoms with Crippen LogP contribution < -0.4 is 9.47 Å². The van der Waals surface area contributed by atoms with Crippen molar-refractivity contribution in [1.82, 2.24) is 0 Å². The van der Waals surface area contributed by atoms with Crippen LogP contribution in [0.4, 0.5) is 0 Å². The summed E-state index contributed by atoms with van der Waals surface area (Å²) in [7, 11) is 0. The molecule has 0 saturated heterocycles. The molecule has 1 aromatic carbocycles. The van der Waals surface area contributed by atoms with Crippen molar-refractivity contribution in [2.75, 3.05) is 6.79 Å². The molecule has 1 N–H and O–H groups in total. The van der Waals surface area contributed by atoms with Crippen molar-refractivity contribution < 1.29 is 19.4 Å². The van der Waals surface area contributed by atoms with Crippen molar-refractivity contribution in [3.8, 4) is 11.5 Å². The van der Waals surface area contributed by atoms with Crippen molar-refractivity contribution in [3.05, 3.63) is 28.2 Å². The summed E-state index contributed by atoms with van der Waals surface area (Å²) in [6.45, 7) is 0.202. The molecule has 78 valence electrons. The van der Waals surface area contributed by atoms with E-state index in [0.29, 0.717) is 11.5 Å². The van der Waals surface area contributed by atoms with Gasteiger partial charge in [-0.15, -0.1) is 0 Å². The fraction of sp³-hybridized carbons (Fsp3) is 0.100. The van der Waals surface area contributed by atoms with Crippen molar-refractivity contribution in [1.29, 1.82) is 0 Å². The standard InChI is InChI=1S/C10H7BrO4/c11-7-4-9-8(14-5-15-9)3-6(7)1-2-10(12)13/h1-4H,5H2,(H,12,13). The monoisotopic (exact) mass is 270 g/mol. The highest BCUT2D eigenvalue weighted by molar-refractivity contribution is 9.10. The lowest BCUT2D eigenvalue weighted by molar-refractivity contribution is -0.131. The van der Waals surface area contributed by atoms with E-state index in [4.69, 9.17) is 14.6 Å². The summed E-state index contributed by atoms with van der Waals surface area (Å²) in [6, 6.07) is 3.48. The van der Waals surface area contributed by atoms with Gasteiger partial charge in [-0.3, -0.25) is 0 Å². The lowest BCUT2D eigenvalue weighted by Crippen LogP contribution is -1.92. The largest absolute Gasteiger partial charge is 0.478 e. The van der Waals surface area contributed by atoms with Crippen molar-refractivity contribution in [2.24, 2.45) is 0 Å². The molecule has 1 aromatic rings. The molecule has 4 nitrogen and oxygen atoms in total. The second kappa shape index (κ2) is 3.94. The summed E-state index contributed by atoms with van der Waals surface area (Å²) in [5.41, 5.74) is 0.738. The van der Waals surface area contributed by atoms with Gasteiger partial charge < -0.3 is 14.6 Å². The number of fused-ring (bicyclic) bond motifs is 1. The first-order valence-electron chi connectivity index (χ1n) is 4.17. The first-order chi connectivity index (χ1) is 7.16. The summed E-state index contributed by atoms with van der Waals surface area (Å²) in [5.74, 6) is 0.303. The van der Waals surface area contributed by atoms with Crippen LogP contribution in [0.1, 0.15) is 5.56 Å².